The van der Waals surface area contributed by atoms with Crippen molar-refractivity contribution in [1.29, 1.82) is 0 Å². The van der Waals surface area contributed by atoms with Gasteiger partial charge in [-0.1, -0.05) is 40.6 Å². The van der Waals surface area contributed by atoms with Crippen LogP contribution in [0, 0.1) is 6.92 Å². The third kappa shape index (κ3) is 2.95. The van der Waals surface area contributed by atoms with Crippen LogP contribution in [0.15, 0.2) is 29.1 Å². The second-order valence-corrected chi connectivity index (χ2v) is 6.67. The number of nitrogens with zero attached hydrogens (tertiary/aromatic N) is 4. The molecule has 0 spiro atoms. The molecular formula is C14H12Cl2N4OS. The average molecular weight is 355 g/mol. The summed E-state index contributed by atoms with van der Waals surface area (Å²) in [6.45, 7) is 2.39. The fraction of sp³-hybridized carbons (Fsp3) is 0.214. The molecule has 0 radical (unpaired) electrons. The van der Waals surface area contributed by atoms with Crippen LogP contribution in [0.2, 0.25) is 10.0 Å². The van der Waals surface area contributed by atoms with Gasteiger partial charge in [0.1, 0.15) is 0 Å². The Labute approximate surface area is 140 Å². The SMILES string of the molecule is Cc1cc(=O)n2nc(N(C)Cc3ccc(Cl)c(Cl)c3)sc2n1. The Bertz CT molecular complexity index is 905. The van der Waals surface area contributed by atoms with Gasteiger partial charge < -0.3 is 4.90 Å². The summed E-state index contributed by atoms with van der Waals surface area (Å²) in [5.74, 6) is 0. The normalized spacial score (nSPS) is 11.1. The molecule has 5 nitrogen and oxygen atoms in total. The van der Waals surface area contributed by atoms with Crippen molar-refractivity contribution in [3.05, 3.63) is 55.9 Å². The largest absolute Gasteiger partial charge is 0.345 e. The van der Waals surface area contributed by atoms with Gasteiger partial charge in [0.25, 0.3) is 5.56 Å². The van der Waals surface area contributed by atoms with E-state index in [9.17, 15) is 4.79 Å². The molecule has 22 heavy (non-hydrogen) atoms. The van der Waals surface area contributed by atoms with E-state index >= 15 is 0 Å². The van der Waals surface area contributed by atoms with Gasteiger partial charge in [0.2, 0.25) is 10.1 Å². The first-order valence-electron chi connectivity index (χ1n) is 6.46. The molecule has 2 heterocycles. The lowest BCUT2D eigenvalue weighted by molar-refractivity contribution is 0.841. The smallest absolute Gasteiger partial charge is 0.275 e. The molecule has 0 saturated carbocycles. The summed E-state index contributed by atoms with van der Waals surface area (Å²) in [7, 11) is 1.90. The van der Waals surface area contributed by atoms with Crippen LogP contribution >= 0.6 is 34.5 Å². The minimum atomic E-state index is -0.173. The number of halogens is 2. The molecule has 3 aromatic rings. The van der Waals surface area contributed by atoms with Crippen molar-refractivity contribution in [1.82, 2.24) is 14.6 Å². The molecular weight excluding hydrogens is 343 g/mol. The van der Waals surface area contributed by atoms with E-state index in [1.54, 1.807) is 13.0 Å². The monoisotopic (exact) mass is 354 g/mol. The summed E-state index contributed by atoms with van der Waals surface area (Å²) in [6.07, 6.45) is 0. The molecule has 0 aliphatic rings. The van der Waals surface area contributed by atoms with Crippen molar-refractivity contribution >= 4 is 44.6 Å². The second-order valence-electron chi connectivity index (χ2n) is 4.92. The Morgan fingerprint density at radius 2 is 2.05 bits per heavy atom. The lowest BCUT2D eigenvalue weighted by atomic mass is 10.2. The molecule has 0 fully saturated rings. The fourth-order valence-corrected chi connectivity index (χ4v) is 3.28. The minimum Gasteiger partial charge on any atom is -0.345 e. The zero-order valence-corrected chi connectivity index (χ0v) is 14.2. The third-order valence-electron chi connectivity index (χ3n) is 3.09. The standard InChI is InChI=1S/C14H12Cl2N4OS/c1-8-5-12(21)20-13(17-8)22-14(18-20)19(2)7-9-3-4-10(15)11(16)6-9/h3-6H,7H2,1-2H3. The van der Waals surface area contributed by atoms with Crippen LogP contribution < -0.4 is 10.5 Å². The molecule has 0 atom stereocenters. The summed E-state index contributed by atoms with van der Waals surface area (Å²) in [6, 6.07) is 6.96. The maximum Gasteiger partial charge on any atom is 0.275 e. The van der Waals surface area contributed by atoms with Gasteiger partial charge in [-0.05, 0) is 24.6 Å². The summed E-state index contributed by atoms with van der Waals surface area (Å²) >= 11 is 13.3. The topological polar surface area (TPSA) is 50.5 Å². The summed E-state index contributed by atoms with van der Waals surface area (Å²) in [4.78, 5) is 18.7. The third-order valence-corrected chi connectivity index (χ3v) is 4.85. The first kappa shape index (κ1) is 15.3. The first-order chi connectivity index (χ1) is 10.4. The number of hydrogen-bond donors (Lipinski definition) is 0. The Hall–Kier alpha value is -1.63. The predicted molar refractivity (Wildman–Crippen MR) is 90.4 cm³/mol. The number of aromatic nitrogens is 3. The van der Waals surface area contributed by atoms with E-state index in [0.717, 1.165) is 5.56 Å². The molecule has 3 rings (SSSR count). The Morgan fingerprint density at radius 1 is 1.27 bits per heavy atom. The van der Waals surface area contributed by atoms with E-state index in [-0.39, 0.29) is 5.56 Å². The van der Waals surface area contributed by atoms with Crippen molar-refractivity contribution in [2.45, 2.75) is 13.5 Å². The van der Waals surface area contributed by atoms with Gasteiger partial charge in [-0.25, -0.2) is 4.98 Å². The van der Waals surface area contributed by atoms with E-state index in [4.69, 9.17) is 23.2 Å². The van der Waals surface area contributed by atoms with Crippen LogP contribution in [-0.4, -0.2) is 21.6 Å². The average Bonchev–Trinajstić information content (AvgIpc) is 2.87. The number of anilines is 1. The van der Waals surface area contributed by atoms with E-state index in [2.05, 4.69) is 10.1 Å². The molecule has 2 aromatic heterocycles. The van der Waals surface area contributed by atoms with Crippen molar-refractivity contribution in [2.75, 3.05) is 11.9 Å². The highest BCUT2D eigenvalue weighted by Gasteiger charge is 2.12. The molecule has 114 valence electrons. The van der Waals surface area contributed by atoms with Crippen LogP contribution in [0.4, 0.5) is 5.13 Å². The molecule has 0 bridgehead atoms. The highest BCUT2D eigenvalue weighted by molar-refractivity contribution is 7.20. The molecule has 0 amide bonds. The van der Waals surface area contributed by atoms with Crippen molar-refractivity contribution in [2.24, 2.45) is 0 Å². The van der Waals surface area contributed by atoms with Crippen LogP contribution in [0.3, 0.4) is 0 Å². The minimum absolute atomic E-state index is 0.173. The van der Waals surface area contributed by atoms with E-state index in [1.165, 1.54) is 21.9 Å². The molecule has 0 unspecified atom stereocenters. The maximum atomic E-state index is 11.9. The zero-order valence-electron chi connectivity index (χ0n) is 11.9. The number of hydrogen-bond acceptors (Lipinski definition) is 5. The number of fused-ring (bicyclic) bond motifs is 1. The number of rotatable bonds is 3. The molecule has 0 saturated heterocycles. The van der Waals surface area contributed by atoms with Crippen LogP contribution in [0.25, 0.3) is 4.96 Å². The summed E-state index contributed by atoms with van der Waals surface area (Å²) < 4.78 is 1.32. The summed E-state index contributed by atoms with van der Waals surface area (Å²) in [5, 5.41) is 6.07. The Morgan fingerprint density at radius 3 is 2.77 bits per heavy atom. The maximum absolute atomic E-state index is 11.9. The number of benzene rings is 1. The lowest BCUT2D eigenvalue weighted by Gasteiger charge is -2.15. The number of aryl methyl sites for hydroxylation is 1. The highest BCUT2D eigenvalue weighted by atomic mass is 35.5. The molecule has 1 aromatic carbocycles. The van der Waals surface area contributed by atoms with Crippen molar-refractivity contribution in [3.8, 4) is 0 Å². The fourth-order valence-electron chi connectivity index (χ4n) is 2.04. The Balaban J connectivity index is 1.91. The summed E-state index contributed by atoms with van der Waals surface area (Å²) in [5.41, 5.74) is 1.52. The molecule has 8 heteroatoms. The van der Waals surface area contributed by atoms with Gasteiger partial charge in [0, 0.05) is 25.4 Å². The molecule has 0 aliphatic carbocycles. The predicted octanol–water partition coefficient (Wildman–Crippen LogP) is 3.40. The molecule has 0 N–H and O–H groups in total. The van der Waals surface area contributed by atoms with Gasteiger partial charge in [-0.15, -0.1) is 5.10 Å². The van der Waals surface area contributed by atoms with E-state index in [0.29, 0.717) is 32.4 Å². The van der Waals surface area contributed by atoms with Gasteiger partial charge >= 0.3 is 0 Å². The van der Waals surface area contributed by atoms with E-state index < -0.39 is 0 Å². The van der Waals surface area contributed by atoms with Gasteiger partial charge in [0.15, 0.2) is 0 Å². The van der Waals surface area contributed by atoms with Gasteiger partial charge in [0.05, 0.1) is 10.0 Å². The second kappa shape index (κ2) is 5.87. The van der Waals surface area contributed by atoms with Crippen molar-refractivity contribution < 1.29 is 0 Å². The first-order valence-corrected chi connectivity index (χ1v) is 8.04. The highest BCUT2D eigenvalue weighted by Crippen LogP contribution is 2.25. The molecule has 0 aliphatic heterocycles. The van der Waals surface area contributed by atoms with E-state index in [1.807, 2.05) is 24.1 Å². The van der Waals surface area contributed by atoms with Crippen LogP contribution in [-0.2, 0) is 6.54 Å². The van der Waals surface area contributed by atoms with Crippen LogP contribution in [0.5, 0.6) is 0 Å². The van der Waals surface area contributed by atoms with Gasteiger partial charge in [-0.3, -0.25) is 4.79 Å². The lowest BCUT2D eigenvalue weighted by Crippen LogP contribution is -2.18. The van der Waals surface area contributed by atoms with Crippen LogP contribution in [0.1, 0.15) is 11.3 Å². The van der Waals surface area contributed by atoms with Crippen molar-refractivity contribution in [3.63, 3.8) is 0 Å². The van der Waals surface area contributed by atoms with Gasteiger partial charge in [-0.2, -0.15) is 4.52 Å². The zero-order chi connectivity index (χ0) is 15.9. The quantitative estimate of drug-likeness (QED) is 0.723. The Kier molecular flexibility index (Phi) is 4.08.